The molecule has 0 heterocycles. The van der Waals surface area contributed by atoms with Crippen molar-refractivity contribution in [1.29, 1.82) is 0 Å². The van der Waals surface area contributed by atoms with Gasteiger partial charge in [0, 0.05) is 23.0 Å². The number of allylic oxidation sites excluding steroid dienone is 1. The topological polar surface area (TPSA) is 21.3 Å². The SMILES string of the molecule is COCC(Nc1ccc(C)c(Br)c1)=C1CC1. The molecule has 1 N–H and O–H groups in total. The molecule has 0 amide bonds. The number of aryl methyl sites for hydroxylation is 1. The van der Waals surface area contributed by atoms with Gasteiger partial charge in [0.2, 0.25) is 0 Å². The van der Waals surface area contributed by atoms with Gasteiger partial charge in [-0.3, -0.25) is 0 Å². The Morgan fingerprint density at radius 2 is 2.19 bits per heavy atom. The Labute approximate surface area is 105 Å². The minimum absolute atomic E-state index is 0.667. The van der Waals surface area contributed by atoms with Crippen molar-refractivity contribution >= 4 is 21.6 Å². The van der Waals surface area contributed by atoms with Crippen LogP contribution in [0.25, 0.3) is 0 Å². The number of benzene rings is 1. The van der Waals surface area contributed by atoms with E-state index >= 15 is 0 Å². The Kier molecular flexibility index (Phi) is 3.66. The molecule has 0 spiro atoms. The Morgan fingerprint density at radius 3 is 2.75 bits per heavy atom. The molecule has 0 radical (unpaired) electrons. The molecule has 0 atom stereocenters. The summed E-state index contributed by atoms with van der Waals surface area (Å²) in [7, 11) is 1.73. The van der Waals surface area contributed by atoms with Crippen LogP contribution in [0.3, 0.4) is 0 Å². The second-order valence-corrected chi connectivity index (χ2v) is 4.96. The molecule has 3 heteroatoms. The number of hydrogen-bond donors (Lipinski definition) is 1. The van der Waals surface area contributed by atoms with Crippen LogP contribution in [0.1, 0.15) is 18.4 Å². The number of methoxy groups -OCH3 is 1. The van der Waals surface area contributed by atoms with E-state index in [1.807, 2.05) is 0 Å². The van der Waals surface area contributed by atoms with Crippen molar-refractivity contribution in [2.45, 2.75) is 19.8 Å². The molecule has 0 aliphatic heterocycles. The van der Waals surface area contributed by atoms with Gasteiger partial charge in [-0.2, -0.15) is 0 Å². The summed E-state index contributed by atoms with van der Waals surface area (Å²) in [5.41, 5.74) is 5.07. The van der Waals surface area contributed by atoms with Gasteiger partial charge in [0.15, 0.2) is 0 Å². The molecule has 86 valence electrons. The first-order valence-electron chi connectivity index (χ1n) is 5.43. The van der Waals surface area contributed by atoms with Gasteiger partial charge >= 0.3 is 0 Å². The lowest BCUT2D eigenvalue weighted by Crippen LogP contribution is -2.06. The first-order chi connectivity index (χ1) is 7.70. The van der Waals surface area contributed by atoms with Crippen LogP contribution in [-0.2, 0) is 4.74 Å². The van der Waals surface area contributed by atoms with Crippen LogP contribution in [0.2, 0.25) is 0 Å². The van der Waals surface area contributed by atoms with Gasteiger partial charge in [0.25, 0.3) is 0 Å². The molecule has 1 saturated carbocycles. The predicted octanol–water partition coefficient (Wildman–Crippen LogP) is 3.86. The maximum atomic E-state index is 5.20. The molecule has 0 bridgehead atoms. The van der Waals surface area contributed by atoms with Crippen molar-refractivity contribution in [2.24, 2.45) is 0 Å². The van der Waals surface area contributed by atoms with E-state index in [4.69, 9.17) is 4.74 Å². The molecule has 1 aliphatic carbocycles. The highest BCUT2D eigenvalue weighted by Crippen LogP contribution is 2.32. The van der Waals surface area contributed by atoms with Crippen LogP contribution in [0.5, 0.6) is 0 Å². The fraction of sp³-hybridized carbons (Fsp3) is 0.385. The maximum absolute atomic E-state index is 5.20. The van der Waals surface area contributed by atoms with Crippen LogP contribution < -0.4 is 5.32 Å². The number of anilines is 1. The highest BCUT2D eigenvalue weighted by atomic mass is 79.9. The normalized spacial score (nSPS) is 13.8. The van der Waals surface area contributed by atoms with Crippen LogP contribution in [0, 0.1) is 6.92 Å². The van der Waals surface area contributed by atoms with Gasteiger partial charge in [-0.1, -0.05) is 22.0 Å². The zero-order valence-electron chi connectivity index (χ0n) is 9.64. The van der Waals surface area contributed by atoms with E-state index in [2.05, 4.69) is 46.4 Å². The van der Waals surface area contributed by atoms with Gasteiger partial charge in [0.1, 0.15) is 0 Å². The Hall–Kier alpha value is -0.800. The number of nitrogens with one attached hydrogen (secondary N) is 1. The third-order valence-electron chi connectivity index (χ3n) is 2.68. The number of halogens is 1. The first kappa shape index (κ1) is 11.7. The van der Waals surface area contributed by atoms with Gasteiger partial charge in [-0.25, -0.2) is 0 Å². The molecule has 2 rings (SSSR count). The lowest BCUT2D eigenvalue weighted by molar-refractivity contribution is 0.226. The Bertz CT molecular complexity index is 420. The van der Waals surface area contributed by atoms with E-state index in [1.165, 1.54) is 29.7 Å². The molecule has 2 nitrogen and oxygen atoms in total. The van der Waals surface area contributed by atoms with E-state index in [1.54, 1.807) is 7.11 Å². The Balaban J connectivity index is 2.13. The van der Waals surface area contributed by atoms with Crippen LogP contribution in [0.4, 0.5) is 5.69 Å². The van der Waals surface area contributed by atoms with Crippen molar-refractivity contribution in [3.05, 3.63) is 39.5 Å². The molecule has 0 aromatic heterocycles. The molecule has 0 saturated heterocycles. The zero-order chi connectivity index (χ0) is 11.5. The summed E-state index contributed by atoms with van der Waals surface area (Å²) in [6.45, 7) is 2.75. The van der Waals surface area contributed by atoms with Crippen LogP contribution in [-0.4, -0.2) is 13.7 Å². The summed E-state index contributed by atoms with van der Waals surface area (Å²) in [5, 5.41) is 3.43. The highest BCUT2D eigenvalue weighted by molar-refractivity contribution is 9.10. The largest absolute Gasteiger partial charge is 0.378 e. The molecule has 0 unspecified atom stereocenters. The predicted molar refractivity (Wildman–Crippen MR) is 70.6 cm³/mol. The molecular weight excluding hydrogens is 266 g/mol. The van der Waals surface area contributed by atoms with Crippen molar-refractivity contribution < 1.29 is 4.74 Å². The summed E-state index contributed by atoms with van der Waals surface area (Å²) in [4.78, 5) is 0. The average molecular weight is 282 g/mol. The second-order valence-electron chi connectivity index (χ2n) is 4.10. The van der Waals surface area contributed by atoms with Crippen molar-refractivity contribution in [3.8, 4) is 0 Å². The van der Waals surface area contributed by atoms with Gasteiger partial charge in [-0.05, 0) is 43.0 Å². The molecular formula is C13H16BrNO. The number of hydrogen-bond acceptors (Lipinski definition) is 2. The molecule has 1 aromatic carbocycles. The van der Waals surface area contributed by atoms with Crippen molar-refractivity contribution in [3.63, 3.8) is 0 Å². The lowest BCUT2D eigenvalue weighted by atomic mass is 10.2. The van der Waals surface area contributed by atoms with E-state index in [-0.39, 0.29) is 0 Å². The van der Waals surface area contributed by atoms with E-state index in [9.17, 15) is 0 Å². The first-order valence-corrected chi connectivity index (χ1v) is 6.23. The molecule has 16 heavy (non-hydrogen) atoms. The summed E-state index contributed by atoms with van der Waals surface area (Å²) in [5.74, 6) is 0. The summed E-state index contributed by atoms with van der Waals surface area (Å²) < 4.78 is 6.33. The second kappa shape index (κ2) is 5.02. The number of ether oxygens (including phenoxy) is 1. The molecule has 1 aromatic rings. The lowest BCUT2D eigenvalue weighted by Gasteiger charge is -2.11. The smallest absolute Gasteiger partial charge is 0.0861 e. The quantitative estimate of drug-likeness (QED) is 0.905. The van der Waals surface area contributed by atoms with Gasteiger partial charge in [0.05, 0.1) is 6.61 Å². The molecule has 1 aliphatic rings. The van der Waals surface area contributed by atoms with Gasteiger partial charge in [-0.15, -0.1) is 0 Å². The zero-order valence-corrected chi connectivity index (χ0v) is 11.2. The summed E-state index contributed by atoms with van der Waals surface area (Å²) >= 11 is 3.54. The van der Waals surface area contributed by atoms with Crippen LogP contribution in [0.15, 0.2) is 33.9 Å². The van der Waals surface area contributed by atoms with Crippen molar-refractivity contribution in [1.82, 2.24) is 0 Å². The summed E-state index contributed by atoms with van der Waals surface area (Å²) in [6.07, 6.45) is 2.41. The fourth-order valence-electron chi connectivity index (χ4n) is 1.58. The average Bonchev–Trinajstić information content (AvgIpc) is 3.06. The van der Waals surface area contributed by atoms with E-state index < -0.39 is 0 Å². The minimum atomic E-state index is 0.667. The number of rotatable bonds is 4. The molecule has 1 fully saturated rings. The van der Waals surface area contributed by atoms with E-state index in [0.717, 1.165) is 10.2 Å². The van der Waals surface area contributed by atoms with Crippen LogP contribution >= 0.6 is 15.9 Å². The monoisotopic (exact) mass is 281 g/mol. The third-order valence-corrected chi connectivity index (χ3v) is 3.54. The standard InChI is InChI=1S/C13H16BrNO/c1-9-3-6-11(7-12(9)14)15-13(8-16-2)10-4-5-10/h3,6-7,15H,4-5,8H2,1-2H3. The van der Waals surface area contributed by atoms with Crippen molar-refractivity contribution in [2.75, 3.05) is 19.0 Å². The third kappa shape index (κ3) is 2.86. The van der Waals surface area contributed by atoms with E-state index in [0.29, 0.717) is 6.61 Å². The summed E-state index contributed by atoms with van der Waals surface area (Å²) in [6, 6.07) is 6.31. The maximum Gasteiger partial charge on any atom is 0.0861 e. The highest BCUT2D eigenvalue weighted by Gasteiger charge is 2.17. The Morgan fingerprint density at radius 1 is 1.44 bits per heavy atom. The fourth-order valence-corrected chi connectivity index (χ4v) is 1.96. The minimum Gasteiger partial charge on any atom is -0.378 e. The van der Waals surface area contributed by atoms with Gasteiger partial charge < -0.3 is 10.1 Å².